The molecule has 0 aromatic heterocycles. The van der Waals surface area contributed by atoms with Crippen LogP contribution in [0.2, 0.25) is 0 Å². The monoisotopic (exact) mass is 444 g/mol. The molecule has 4 atom stereocenters. The number of halogens is 1. The zero-order valence-electron chi connectivity index (χ0n) is 16.4. The van der Waals surface area contributed by atoms with Crippen molar-refractivity contribution in [1.82, 2.24) is 4.90 Å². The topological polar surface area (TPSA) is 180 Å². The Kier molecular flexibility index (Phi) is 6.08. The van der Waals surface area contributed by atoms with Crippen LogP contribution in [0.5, 0.6) is 0 Å². The van der Waals surface area contributed by atoms with E-state index < -0.39 is 48.2 Å². The highest BCUT2D eigenvalue weighted by Gasteiger charge is 2.55. The van der Waals surface area contributed by atoms with E-state index in [9.17, 15) is 14.4 Å². The van der Waals surface area contributed by atoms with Crippen molar-refractivity contribution in [2.24, 2.45) is 26.4 Å². The molecule has 0 saturated carbocycles. The Morgan fingerprint density at radius 3 is 2.40 bits per heavy atom. The summed E-state index contributed by atoms with van der Waals surface area (Å²) in [6.07, 6.45) is -4.09. The van der Waals surface area contributed by atoms with Crippen LogP contribution in [0.4, 0.5) is 0 Å². The molecule has 0 amide bonds. The van der Waals surface area contributed by atoms with Crippen LogP contribution in [-0.2, 0) is 33.3 Å². The average molecular weight is 445 g/mol. The minimum Gasteiger partial charge on any atom is -0.463 e. The molecule has 1 fully saturated rings. The quantitative estimate of drug-likeness (QED) is 0.217. The minimum absolute atomic E-state index is 0.0144. The van der Waals surface area contributed by atoms with Crippen molar-refractivity contribution in [2.45, 2.75) is 51.1 Å². The Bertz CT molecular complexity index is 857. The Labute approximate surface area is 176 Å². The molecule has 0 aromatic rings. The lowest BCUT2D eigenvalue weighted by molar-refractivity contribution is -0.166. The number of carbonyl (C=O) groups excluding carboxylic acids is 3. The molecule has 0 bridgehead atoms. The van der Waals surface area contributed by atoms with Gasteiger partial charge in [0, 0.05) is 20.8 Å². The molecular formula is C16H21ClN6O7. The summed E-state index contributed by atoms with van der Waals surface area (Å²) in [4.78, 5) is 48.3. The van der Waals surface area contributed by atoms with Crippen molar-refractivity contribution in [3.63, 3.8) is 0 Å². The second-order valence-corrected chi connectivity index (χ2v) is 7.11. The molecule has 0 spiro atoms. The van der Waals surface area contributed by atoms with E-state index in [0.717, 1.165) is 0 Å². The summed E-state index contributed by atoms with van der Waals surface area (Å²) in [5, 5.41) is -0.198. The summed E-state index contributed by atoms with van der Waals surface area (Å²) < 4.78 is 21.7. The lowest BCUT2D eigenvalue weighted by Gasteiger charge is -2.32. The predicted molar refractivity (Wildman–Crippen MR) is 102 cm³/mol. The van der Waals surface area contributed by atoms with Crippen molar-refractivity contribution in [2.75, 3.05) is 13.3 Å². The molecule has 14 heteroatoms. The average Bonchev–Trinajstić information content (AvgIpc) is 3.14. The van der Waals surface area contributed by atoms with Crippen LogP contribution >= 0.6 is 11.6 Å². The number of carbonyl (C=O) groups is 3. The Morgan fingerprint density at radius 1 is 1.17 bits per heavy atom. The molecule has 13 nitrogen and oxygen atoms in total. The molecule has 3 heterocycles. The summed E-state index contributed by atoms with van der Waals surface area (Å²) in [5.41, 5.74) is 12.0. The molecular weight excluding hydrogens is 424 g/mol. The SMILES string of the molecule is CC(=O)OC[C@H]1O[C@@H](N2CN=C3C2=NC(Cl)=NC3(N)N)[C@H](OC(C)=O)[C@@H]1OC(C)=O. The van der Waals surface area contributed by atoms with Gasteiger partial charge in [0.25, 0.3) is 0 Å². The Balaban J connectivity index is 1.93. The first-order valence-electron chi connectivity index (χ1n) is 8.86. The van der Waals surface area contributed by atoms with Gasteiger partial charge in [-0.25, -0.2) is 4.99 Å². The predicted octanol–water partition coefficient (Wildman–Crippen LogP) is -1.57. The number of nitrogens with zero attached hydrogens (tertiary/aromatic N) is 4. The third kappa shape index (κ3) is 4.43. The number of nitrogens with two attached hydrogens (primary N) is 2. The van der Waals surface area contributed by atoms with E-state index in [1.54, 1.807) is 0 Å². The molecule has 0 aromatic carbocycles. The summed E-state index contributed by atoms with van der Waals surface area (Å²) in [7, 11) is 0. The van der Waals surface area contributed by atoms with Gasteiger partial charge in [0.1, 0.15) is 25.1 Å². The number of hydrogen-bond acceptors (Lipinski definition) is 13. The Morgan fingerprint density at radius 2 is 1.80 bits per heavy atom. The van der Waals surface area contributed by atoms with Crippen LogP contribution in [0.15, 0.2) is 15.0 Å². The van der Waals surface area contributed by atoms with Crippen LogP contribution in [0, 0.1) is 0 Å². The molecule has 1 saturated heterocycles. The molecule has 3 aliphatic heterocycles. The fraction of sp³-hybridized carbons (Fsp3) is 0.625. The maximum atomic E-state index is 11.7. The van der Waals surface area contributed by atoms with Crippen LogP contribution in [-0.4, -0.2) is 83.3 Å². The van der Waals surface area contributed by atoms with Crippen molar-refractivity contribution in [3.8, 4) is 0 Å². The maximum Gasteiger partial charge on any atom is 0.303 e. The zero-order valence-corrected chi connectivity index (χ0v) is 17.2. The summed E-state index contributed by atoms with van der Waals surface area (Å²) in [5.74, 6) is -3.37. The van der Waals surface area contributed by atoms with Gasteiger partial charge in [0.05, 0.1) is 0 Å². The summed E-state index contributed by atoms with van der Waals surface area (Å²) >= 11 is 5.94. The fourth-order valence-corrected chi connectivity index (χ4v) is 3.53. The first-order chi connectivity index (χ1) is 14.0. The van der Waals surface area contributed by atoms with Gasteiger partial charge in [-0.2, -0.15) is 4.99 Å². The van der Waals surface area contributed by atoms with Crippen molar-refractivity contribution < 1.29 is 33.3 Å². The number of esters is 3. The van der Waals surface area contributed by atoms with Gasteiger partial charge in [-0.05, 0) is 11.6 Å². The highest BCUT2D eigenvalue weighted by Crippen LogP contribution is 2.32. The molecule has 4 N–H and O–H groups in total. The highest BCUT2D eigenvalue weighted by atomic mass is 35.5. The van der Waals surface area contributed by atoms with Crippen LogP contribution in [0.1, 0.15) is 20.8 Å². The zero-order chi connectivity index (χ0) is 22.2. The lowest BCUT2D eigenvalue weighted by atomic mass is 10.1. The van der Waals surface area contributed by atoms with Crippen molar-refractivity contribution in [1.29, 1.82) is 0 Å². The molecule has 3 aliphatic rings. The number of rotatable bonds is 5. The van der Waals surface area contributed by atoms with E-state index in [2.05, 4.69) is 15.0 Å². The van der Waals surface area contributed by atoms with Crippen LogP contribution < -0.4 is 11.5 Å². The van der Waals surface area contributed by atoms with E-state index in [1.807, 2.05) is 0 Å². The van der Waals surface area contributed by atoms with Gasteiger partial charge < -0.3 is 23.8 Å². The maximum absolute atomic E-state index is 11.7. The number of ether oxygens (including phenoxy) is 4. The number of fused-ring (bicyclic) bond motifs is 1. The summed E-state index contributed by atoms with van der Waals surface area (Å²) in [6, 6.07) is 0. The third-order valence-electron chi connectivity index (χ3n) is 4.37. The number of amidine groups is 2. The smallest absolute Gasteiger partial charge is 0.303 e. The number of hydrogen-bond donors (Lipinski definition) is 2. The first-order valence-corrected chi connectivity index (χ1v) is 9.24. The number of aliphatic imine (C=N–C) groups is 3. The van der Waals surface area contributed by atoms with Crippen LogP contribution in [0.25, 0.3) is 0 Å². The largest absolute Gasteiger partial charge is 0.463 e. The molecule has 0 unspecified atom stereocenters. The van der Waals surface area contributed by atoms with E-state index in [0.29, 0.717) is 0 Å². The normalized spacial score (nSPS) is 29.4. The van der Waals surface area contributed by atoms with Crippen LogP contribution in [0.3, 0.4) is 0 Å². The minimum atomic E-state index is -1.70. The Hall–Kier alpha value is -2.61. The second kappa shape index (κ2) is 8.26. The van der Waals surface area contributed by atoms with E-state index in [1.165, 1.54) is 25.7 Å². The van der Waals surface area contributed by atoms with E-state index in [-0.39, 0.29) is 30.1 Å². The van der Waals surface area contributed by atoms with Gasteiger partial charge >= 0.3 is 17.9 Å². The summed E-state index contributed by atoms with van der Waals surface area (Å²) in [6.45, 7) is 3.35. The molecule has 0 radical (unpaired) electrons. The van der Waals surface area contributed by atoms with Crippen molar-refractivity contribution in [3.05, 3.63) is 0 Å². The fourth-order valence-electron chi connectivity index (χ4n) is 3.31. The standard InChI is InChI=1S/C16H21ClN6O7/c1-6(24)27-4-9-10(28-7(2)25)11(29-8(3)26)14(30-9)23-5-20-12-13(23)21-15(17)22-16(12,18)19/h9-11,14H,4-5,18-19H2,1-3H3/t9-,10-,11-,14-/m1/s1. The first kappa shape index (κ1) is 22.1. The van der Waals surface area contributed by atoms with Gasteiger partial charge in [0.2, 0.25) is 11.1 Å². The van der Waals surface area contributed by atoms with Gasteiger partial charge in [-0.15, -0.1) is 0 Å². The third-order valence-corrected chi connectivity index (χ3v) is 4.54. The van der Waals surface area contributed by atoms with Gasteiger partial charge in [0.15, 0.2) is 24.3 Å². The lowest BCUT2D eigenvalue weighted by Crippen LogP contribution is -2.61. The van der Waals surface area contributed by atoms with Gasteiger partial charge in [-0.1, -0.05) is 0 Å². The molecule has 30 heavy (non-hydrogen) atoms. The van der Waals surface area contributed by atoms with Crippen molar-refractivity contribution >= 4 is 46.4 Å². The van der Waals surface area contributed by atoms with E-state index >= 15 is 0 Å². The molecule has 3 rings (SSSR count). The molecule has 164 valence electrons. The second-order valence-electron chi connectivity index (χ2n) is 6.78. The van der Waals surface area contributed by atoms with Gasteiger partial charge in [-0.3, -0.25) is 30.8 Å². The molecule has 0 aliphatic carbocycles. The highest BCUT2D eigenvalue weighted by molar-refractivity contribution is 6.68. The van der Waals surface area contributed by atoms with E-state index in [4.69, 9.17) is 42.0 Å².